The molecule has 1 heteroatoms. The number of carbonyl (C=O) groups is 1. The monoisotopic (exact) mass is 190 g/mol. The molecule has 0 aliphatic heterocycles. The van der Waals surface area contributed by atoms with E-state index in [1.54, 1.807) is 0 Å². The summed E-state index contributed by atoms with van der Waals surface area (Å²) in [5.74, 6) is 1.67. The first-order valence-electron chi connectivity index (χ1n) is 5.43. The first kappa shape index (κ1) is 9.70. The number of Topliss-reactive ketones (excluding diaryl/α,β-unsaturated/α-hetero) is 1. The van der Waals surface area contributed by atoms with Gasteiger partial charge in [-0.25, -0.2) is 0 Å². The lowest BCUT2D eigenvalue weighted by molar-refractivity contribution is -0.115. The summed E-state index contributed by atoms with van der Waals surface area (Å²) in [6.07, 6.45) is 6.56. The van der Waals surface area contributed by atoms with Crippen molar-refractivity contribution in [3.63, 3.8) is 0 Å². The van der Waals surface area contributed by atoms with Crippen molar-refractivity contribution in [1.82, 2.24) is 0 Å². The Labute approximate surface area is 85.9 Å². The molecule has 0 spiro atoms. The summed E-state index contributed by atoms with van der Waals surface area (Å²) in [6, 6.07) is 0. The number of allylic oxidation sites excluding steroid dienone is 3. The molecule has 2 atom stereocenters. The lowest BCUT2D eigenvalue weighted by atomic mass is 9.96. The molecule has 2 rings (SSSR count). The highest BCUT2D eigenvalue weighted by Crippen LogP contribution is 2.66. The zero-order valence-corrected chi connectivity index (χ0v) is 9.05. The molecule has 1 nitrogen and oxygen atoms in total. The second-order valence-electron chi connectivity index (χ2n) is 5.05. The van der Waals surface area contributed by atoms with Crippen LogP contribution in [0.1, 0.15) is 33.1 Å². The topological polar surface area (TPSA) is 17.1 Å². The smallest absolute Gasteiger partial charge is 0.159 e. The first-order chi connectivity index (χ1) is 6.59. The van der Waals surface area contributed by atoms with Crippen LogP contribution in [-0.2, 0) is 4.79 Å². The molecule has 1 fully saturated rings. The summed E-state index contributed by atoms with van der Waals surface area (Å²) in [5.41, 5.74) is 1.51. The van der Waals surface area contributed by atoms with Crippen LogP contribution in [0.5, 0.6) is 0 Å². The van der Waals surface area contributed by atoms with Crippen molar-refractivity contribution >= 4 is 5.78 Å². The second-order valence-corrected chi connectivity index (χ2v) is 5.05. The fourth-order valence-electron chi connectivity index (χ4n) is 2.85. The van der Waals surface area contributed by atoms with Crippen LogP contribution in [0.15, 0.2) is 24.3 Å². The third-order valence-electron chi connectivity index (χ3n) is 3.87. The van der Waals surface area contributed by atoms with E-state index in [-0.39, 0.29) is 0 Å². The predicted molar refractivity (Wildman–Crippen MR) is 57.9 cm³/mol. The SMILES string of the molecule is C=CCCC(=O)C1=CCC2C1C2(C)C. The van der Waals surface area contributed by atoms with Gasteiger partial charge < -0.3 is 0 Å². The molecular formula is C13H18O. The van der Waals surface area contributed by atoms with Crippen molar-refractivity contribution in [2.24, 2.45) is 17.3 Å². The molecule has 0 aromatic heterocycles. The maximum Gasteiger partial charge on any atom is 0.159 e. The van der Waals surface area contributed by atoms with Crippen LogP contribution >= 0.6 is 0 Å². The number of fused-ring (bicyclic) bond motifs is 1. The summed E-state index contributed by atoms with van der Waals surface area (Å²) in [7, 11) is 0. The predicted octanol–water partition coefficient (Wildman–Crippen LogP) is 3.12. The average molecular weight is 190 g/mol. The Morgan fingerprint density at radius 1 is 1.71 bits per heavy atom. The summed E-state index contributed by atoms with van der Waals surface area (Å²) in [6.45, 7) is 8.19. The maximum absolute atomic E-state index is 11.8. The maximum atomic E-state index is 11.8. The highest BCUT2D eigenvalue weighted by molar-refractivity contribution is 5.97. The van der Waals surface area contributed by atoms with Crippen LogP contribution < -0.4 is 0 Å². The molecule has 0 aromatic rings. The van der Waals surface area contributed by atoms with Gasteiger partial charge in [0.05, 0.1) is 0 Å². The molecule has 76 valence electrons. The zero-order chi connectivity index (χ0) is 10.3. The Morgan fingerprint density at radius 2 is 2.43 bits per heavy atom. The van der Waals surface area contributed by atoms with E-state index in [9.17, 15) is 4.79 Å². The normalized spacial score (nSPS) is 32.0. The lowest BCUT2D eigenvalue weighted by Crippen LogP contribution is -2.06. The van der Waals surface area contributed by atoms with Gasteiger partial charge in [-0.3, -0.25) is 4.79 Å². The molecule has 2 aliphatic carbocycles. The van der Waals surface area contributed by atoms with Crippen molar-refractivity contribution in [2.45, 2.75) is 33.1 Å². The molecule has 14 heavy (non-hydrogen) atoms. The molecule has 0 amide bonds. The lowest BCUT2D eigenvalue weighted by Gasteiger charge is -2.08. The van der Waals surface area contributed by atoms with E-state index >= 15 is 0 Å². The van der Waals surface area contributed by atoms with E-state index in [4.69, 9.17) is 0 Å². The van der Waals surface area contributed by atoms with Crippen LogP contribution in [0.2, 0.25) is 0 Å². The number of ketones is 1. The molecule has 0 heterocycles. The number of hydrogen-bond acceptors (Lipinski definition) is 1. The number of rotatable bonds is 4. The Hall–Kier alpha value is -0.850. The number of hydrogen-bond donors (Lipinski definition) is 0. The third kappa shape index (κ3) is 1.26. The van der Waals surface area contributed by atoms with E-state index in [0.29, 0.717) is 23.5 Å². The third-order valence-corrected chi connectivity index (χ3v) is 3.87. The Bertz CT molecular complexity index is 309. The van der Waals surface area contributed by atoms with Crippen molar-refractivity contribution in [1.29, 1.82) is 0 Å². The molecule has 0 bridgehead atoms. The van der Waals surface area contributed by atoms with Gasteiger partial charge in [-0.05, 0) is 35.7 Å². The van der Waals surface area contributed by atoms with Crippen molar-refractivity contribution in [2.75, 3.05) is 0 Å². The van der Waals surface area contributed by atoms with Crippen LogP contribution in [0.25, 0.3) is 0 Å². The van der Waals surface area contributed by atoms with Gasteiger partial charge in [-0.15, -0.1) is 6.58 Å². The van der Waals surface area contributed by atoms with Crippen molar-refractivity contribution < 1.29 is 4.79 Å². The van der Waals surface area contributed by atoms with Gasteiger partial charge in [-0.1, -0.05) is 26.0 Å². The summed E-state index contributed by atoms with van der Waals surface area (Å²) < 4.78 is 0. The van der Waals surface area contributed by atoms with Crippen LogP contribution in [0, 0.1) is 17.3 Å². The largest absolute Gasteiger partial charge is 0.295 e. The standard InChI is InChI=1S/C13H18O/c1-4-5-6-11(14)9-7-8-10-12(9)13(10,2)3/h4,7,10,12H,1,5-6,8H2,2-3H3. The van der Waals surface area contributed by atoms with Gasteiger partial charge in [0, 0.05) is 6.42 Å². The Balaban J connectivity index is 2.00. The van der Waals surface area contributed by atoms with Gasteiger partial charge >= 0.3 is 0 Å². The van der Waals surface area contributed by atoms with Crippen LogP contribution in [0.4, 0.5) is 0 Å². The molecule has 1 saturated carbocycles. The highest BCUT2D eigenvalue weighted by atomic mass is 16.1. The van der Waals surface area contributed by atoms with Crippen LogP contribution in [-0.4, -0.2) is 5.78 Å². The molecule has 0 N–H and O–H groups in total. The Kier molecular flexibility index (Phi) is 2.13. The average Bonchev–Trinajstić information content (AvgIpc) is 2.55. The fourth-order valence-corrected chi connectivity index (χ4v) is 2.85. The molecule has 2 unspecified atom stereocenters. The quantitative estimate of drug-likeness (QED) is 0.622. The summed E-state index contributed by atoms with van der Waals surface area (Å²) in [5, 5.41) is 0. The molecular weight excluding hydrogens is 172 g/mol. The van der Waals surface area contributed by atoms with E-state index in [1.807, 2.05) is 6.08 Å². The van der Waals surface area contributed by atoms with E-state index in [2.05, 4.69) is 26.5 Å². The van der Waals surface area contributed by atoms with Crippen molar-refractivity contribution in [3.05, 3.63) is 24.3 Å². The van der Waals surface area contributed by atoms with Gasteiger partial charge in [-0.2, -0.15) is 0 Å². The Morgan fingerprint density at radius 3 is 2.93 bits per heavy atom. The molecule has 0 radical (unpaired) electrons. The zero-order valence-electron chi connectivity index (χ0n) is 9.05. The van der Waals surface area contributed by atoms with E-state index in [0.717, 1.165) is 24.3 Å². The van der Waals surface area contributed by atoms with E-state index < -0.39 is 0 Å². The highest BCUT2D eigenvalue weighted by Gasteiger charge is 2.61. The molecule has 2 aliphatic rings. The van der Waals surface area contributed by atoms with E-state index in [1.165, 1.54) is 0 Å². The van der Waals surface area contributed by atoms with Gasteiger partial charge in [0.25, 0.3) is 0 Å². The van der Waals surface area contributed by atoms with Crippen LogP contribution in [0.3, 0.4) is 0 Å². The number of carbonyl (C=O) groups excluding carboxylic acids is 1. The van der Waals surface area contributed by atoms with Crippen molar-refractivity contribution in [3.8, 4) is 0 Å². The van der Waals surface area contributed by atoms with Gasteiger partial charge in [0.1, 0.15) is 0 Å². The minimum absolute atomic E-state index is 0.350. The van der Waals surface area contributed by atoms with Gasteiger partial charge in [0.15, 0.2) is 5.78 Å². The fraction of sp³-hybridized carbons (Fsp3) is 0.615. The van der Waals surface area contributed by atoms with Gasteiger partial charge in [0.2, 0.25) is 0 Å². The minimum atomic E-state index is 0.350. The summed E-state index contributed by atoms with van der Waals surface area (Å²) in [4.78, 5) is 11.8. The second kappa shape index (κ2) is 3.08. The molecule has 0 aromatic carbocycles. The minimum Gasteiger partial charge on any atom is -0.295 e. The molecule has 0 saturated heterocycles. The first-order valence-corrected chi connectivity index (χ1v) is 5.43. The summed E-state index contributed by atoms with van der Waals surface area (Å²) >= 11 is 0.